The minimum absolute atomic E-state index is 0.339. The van der Waals surface area contributed by atoms with Crippen molar-refractivity contribution in [2.24, 2.45) is 5.92 Å². The number of aryl methyl sites for hydroxylation is 1. The molecule has 2 saturated heterocycles. The van der Waals surface area contributed by atoms with E-state index >= 15 is 0 Å². The monoisotopic (exact) mass is 364 g/mol. The average Bonchev–Trinajstić information content (AvgIpc) is 2.92. The van der Waals surface area contributed by atoms with Crippen LogP contribution < -0.4 is 5.32 Å². The van der Waals surface area contributed by atoms with Crippen LogP contribution in [0.2, 0.25) is 0 Å². The van der Waals surface area contributed by atoms with Crippen LogP contribution in [0.25, 0.3) is 0 Å². The van der Waals surface area contributed by atoms with Crippen molar-refractivity contribution in [1.29, 1.82) is 0 Å². The third kappa shape index (κ3) is 2.51. The van der Waals surface area contributed by atoms with Crippen molar-refractivity contribution >= 4 is 37.3 Å². The zero-order valence-electron chi connectivity index (χ0n) is 10.7. The SMILES string of the molecule is Cc1sc(Br)cc1S(=O)(=O)N1CC2CCCNC2C1. The van der Waals surface area contributed by atoms with Gasteiger partial charge < -0.3 is 5.32 Å². The normalized spacial score (nSPS) is 28.5. The average molecular weight is 365 g/mol. The highest BCUT2D eigenvalue weighted by Crippen LogP contribution is 2.34. The number of nitrogens with zero attached hydrogens (tertiary/aromatic N) is 1. The van der Waals surface area contributed by atoms with Gasteiger partial charge in [-0.3, -0.25) is 0 Å². The molecule has 0 amide bonds. The Morgan fingerprint density at radius 1 is 1.47 bits per heavy atom. The van der Waals surface area contributed by atoms with Crippen molar-refractivity contribution in [3.05, 3.63) is 14.7 Å². The van der Waals surface area contributed by atoms with Gasteiger partial charge in [-0.15, -0.1) is 11.3 Å². The van der Waals surface area contributed by atoms with E-state index in [1.54, 1.807) is 10.4 Å². The smallest absolute Gasteiger partial charge is 0.244 e. The number of halogens is 1. The van der Waals surface area contributed by atoms with Crippen LogP contribution in [0.5, 0.6) is 0 Å². The van der Waals surface area contributed by atoms with E-state index in [0.29, 0.717) is 29.9 Å². The highest BCUT2D eigenvalue weighted by Gasteiger charge is 2.40. The molecule has 1 N–H and O–H groups in total. The van der Waals surface area contributed by atoms with Crippen LogP contribution in [0.4, 0.5) is 0 Å². The summed E-state index contributed by atoms with van der Waals surface area (Å²) in [4.78, 5) is 1.32. The third-order valence-electron chi connectivity index (χ3n) is 4.03. The molecule has 1 aromatic rings. The molecule has 4 nitrogen and oxygen atoms in total. The number of fused-ring (bicyclic) bond motifs is 1. The Labute approximate surface area is 126 Å². The van der Waals surface area contributed by atoms with E-state index in [0.717, 1.165) is 28.0 Å². The summed E-state index contributed by atoms with van der Waals surface area (Å²) in [6.07, 6.45) is 2.29. The summed E-state index contributed by atoms with van der Waals surface area (Å²) in [7, 11) is -3.33. The lowest BCUT2D eigenvalue weighted by Gasteiger charge is -2.24. The molecule has 0 radical (unpaired) electrons. The van der Waals surface area contributed by atoms with Gasteiger partial charge in [0.2, 0.25) is 10.0 Å². The first-order chi connectivity index (χ1) is 8.98. The fourth-order valence-corrected chi connectivity index (χ4v) is 6.94. The van der Waals surface area contributed by atoms with Crippen molar-refractivity contribution in [2.45, 2.75) is 30.7 Å². The molecule has 0 saturated carbocycles. The van der Waals surface area contributed by atoms with E-state index in [-0.39, 0.29) is 0 Å². The summed E-state index contributed by atoms with van der Waals surface area (Å²) in [6.45, 7) is 4.15. The van der Waals surface area contributed by atoms with Crippen molar-refractivity contribution in [3.63, 3.8) is 0 Å². The fourth-order valence-electron chi connectivity index (χ4n) is 3.03. The van der Waals surface area contributed by atoms with E-state index in [9.17, 15) is 8.42 Å². The van der Waals surface area contributed by atoms with Gasteiger partial charge >= 0.3 is 0 Å². The van der Waals surface area contributed by atoms with Crippen LogP contribution >= 0.6 is 27.3 Å². The Hall–Kier alpha value is 0.0500. The number of piperidine rings is 1. The van der Waals surface area contributed by atoms with Crippen LogP contribution in [0.3, 0.4) is 0 Å². The van der Waals surface area contributed by atoms with Gasteiger partial charge in [0.1, 0.15) is 0 Å². The Morgan fingerprint density at radius 3 is 2.89 bits per heavy atom. The zero-order chi connectivity index (χ0) is 13.6. The zero-order valence-corrected chi connectivity index (χ0v) is 13.9. The van der Waals surface area contributed by atoms with Gasteiger partial charge in [-0.25, -0.2) is 8.42 Å². The van der Waals surface area contributed by atoms with Gasteiger partial charge in [0.15, 0.2) is 0 Å². The van der Waals surface area contributed by atoms with Gasteiger partial charge in [0, 0.05) is 24.0 Å². The molecule has 19 heavy (non-hydrogen) atoms. The predicted molar refractivity (Wildman–Crippen MR) is 80.0 cm³/mol. The van der Waals surface area contributed by atoms with E-state index < -0.39 is 10.0 Å². The topological polar surface area (TPSA) is 49.4 Å². The second-order valence-corrected chi connectivity index (χ2v) is 9.80. The van der Waals surface area contributed by atoms with Gasteiger partial charge in [-0.1, -0.05) is 0 Å². The van der Waals surface area contributed by atoms with E-state index in [1.807, 2.05) is 6.92 Å². The molecule has 3 rings (SSSR count). The van der Waals surface area contributed by atoms with E-state index in [4.69, 9.17) is 0 Å². The van der Waals surface area contributed by atoms with Gasteiger partial charge in [0.25, 0.3) is 0 Å². The van der Waals surface area contributed by atoms with Gasteiger partial charge in [-0.2, -0.15) is 4.31 Å². The molecule has 106 valence electrons. The molecule has 0 aromatic carbocycles. The van der Waals surface area contributed by atoms with Crippen molar-refractivity contribution < 1.29 is 8.42 Å². The first-order valence-corrected chi connectivity index (χ1v) is 9.53. The first kappa shape index (κ1) is 14.0. The Morgan fingerprint density at radius 2 is 2.26 bits per heavy atom. The highest BCUT2D eigenvalue weighted by molar-refractivity contribution is 9.11. The maximum atomic E-state index is 12.7. The molecular weight excluding hydrogens is 348 g/mol. The van der Waals surface area contributed by atoms with Crippen LogP contribution in [0, 0.1) is 12.8 Å². The lowest BCUT2D eigenvalue weighted by molar-refractivity contribution is 0.339. The van der Waals surface area contributed by atoms with Crippen LogP contribution in [-0.2, 0) is 10.0 Å². The molecule has 0 aliphatic carbocycles. The van der Waals surface area contributed by atoms with Crippen LogP contribution in [0.15, 0.2) is 14.7 Å². The van der Waals surface area contributed by atoms with Crippen molar-refractivity contribution in [1.82, 2.24) is 9.62 Å². The lowest BCUT2D eigenvalue weighted by Crippen LogP contribution is -2.41. The molecule has 2 unspecified atom stereocenters. The number of nitrogens with one attached hydrogen (secondary N) is 1. The maximum Gasteiger partial charge on any atom is 0.244 e. The quantitative estimate of drug-likeness (QED) is 0.874. The molecule has 3 heterocycles. The maximum absolute atomic E-state index is 12.7. The lowest BCUT2D eigenvalue weighted by atomic mass is 9.94. The highest BCUT2D eigenvalue weighted by atomic mass is 79.9. The molecule has 2 fully saturated rings. The van der Waals surface area contributed by atoms with Crippen LogP contribution in [0.1, 0.15) is 17.7 Å². The molecule has 2 atom stereocenters. The van der Waals surface area contributed by atoms with E-state index in [2.05, 4.69) is 21.2 Å². The standard InChI is InChI=1S/C12H17BrN2O2S2/c1-8-11(5-12(13)18-8)19(16,17)15-6-9-3-2-4-14-10(9)7-15/h5,9-10,14H,2-4,6-7H2,1H3. The summed E-state index contributed by atoms with van der Waals surface area (Å²) in [5.41, 5.74) is 0. The summed E-state index contributed by atoms with van der Waals surface area (Å²) in [5, 5.41) is 3.44. The number of hydrogen-bond acceptors (Lipinski definition) is 4. The second kappa shape index (κ2) is 5.11. The largest absolute Gasteiger partial charge is 0.312 e. The predicted octanol–water partition coefficient (Wildman–Crippen LogP) is 2.19. The van der Waals surface area contributed by atoms with Gasteiger partial charge in [-0.05, 0) is 54.2 Å². The Kier molecular flexibility index (Phi) is 3.77. The molecule has 0 spiro atoms. The molecule has 0 bridgehead atoms. The summed E-state index contributed by atoms with van der Waals surface area (Å²) in [5.74, 6) is 0.478. The summed E-state index contributed by atoms with van der Waals surface area (Å²) >= 11 is 4.84. The van der Waals surface area contributed by atoms with Crippen LogP contribution in [-0.4, -0.2) is 38.4 Å². The summed E-state index contributed by atoms with van der Waals surface area (Å²) in [6, 6.07) is 2.07. The number of sulfonamides is 1. The number of rotatable bonds is 2. The Balaban J connectivity index is 1.87. The van der Waals surface area contributed by atoms with Crippen molar-refractivity contribution in [2.75, 3.05) is 19.6 Å². The second-order valence-electron chi connectivity index (χ2n) is 5.26. The molecular formula is C12H17BrN2O2S2. The minimum atomic E-state index is -3.33. The number of hydrogen-bond donors (Lipinski definition) is 1. The van der Waals surface area contributed by atoms with Gasteiger partial charge in [0.05, 0.1) is 8.68 Å². The Bertz CT molecular complexity index is 571. The molecule has 2 aliphatic rings. The van der Waals surface area contributed by atoms with E-state index in [1.165, 1.54) is 11.3 Å². The molecule has 2 aliphatic heterocycles. The summed E-state index contributed by atoms with van der Waals surface area (Å²) < 4.78 is 27.9. The minimum Gasteiger partial charge on any atom is -0.312 e. The molecule has 7 heteroatoms. The third-order valence-corrected chi connectivity index (χ3v) is 7.67. The fraction of sp³-hybridized carbons (Fsp3) is 0.667. The number of thiophene rings is 1. The first-order valence-electron chi connectivity index (χ1n) is 6.48. The molecule has 1 aromatic heterocycles. The van der Waals surface area contributed by atoms with Crippen molar-refractivity contribution in [3.8, 4) is 0 Å².